The Morgan fingerprint density at radius 1 is 1.29 bits per heavy atom. The van der Waals surface area contributed by atoms with Crippen molar-refractivity contribution in [2.75, 3.05) is 0 Å². The lowest BCUT2D eigenvalue weighted by Gasteiger charge is -2.04. The monoisotopic (exact) mass is 245 g/mol. The van der Waals surface area contributed by atoms with E-state index < -0.39 is 0 Å². The van der Waals surface area contributed by atoms with Gasteiger partial charge in [0.15, 0.2) is 0 Å². The van der Waals surface area contributed by atoms with Gasteiger partial charge in [0.2, 0.25) is 5.06 Å². The molecule has 0 aliphatic carbocycles. The maximum Gasteiger partial charge on any atom is 0.200 e. The van der Waals surface area contributed by atoms with E-state index in [4.69, 9.17) is 27.9 Å². The molecule has 14 heavy (non-hydrogen) atoms. The first kappa shape index (κ1) is 9.77. The second-order valence-electron chi connectivity index (χ2n) is 2.50. The third-order valence-electron chi connectivity index (χ3n) is 1.51. The van der Waals surface area contributed by atoms with E-state index in [2.05, 4.69) is 4.98 Å². The van der Waals surface area contributed by atoms with Gasteiger partial charge < -0.3 is 4.74 Å². The standard InChI is InChI=1S/C9H5Cl2NOS/c10-6-1-2-8(7(11)3-6)13-9-4-12-5-14-9/h1-5H. The first-order valence-corrected chi connectivity index (χ1v) is 5.40. The zero-order valence-electron chi connectivity index (χ0n) is 6.91. The fourth-order valence-electron chi connectivity index (χ4n) is 0.921. The molecule has 0 aliphatic heterocycles. The number of halogens is 2. The van der Waals surface area contributed by atoms with Crippen molar-refractivity contribution in [3.8, 4) is 10.8 Å². The van der Waals surface area contributed by atoms with E-state index >= 15 is 0 Å². The molecule has 0 amide bonds. The van der Waals surface area contributed by atoms with Gasteiger partial charge in [0.25, 0.3) is 0 Å². The Labute approximate surface area is 95.1 Å². The molecule has 0 saturated carbocycles. The highest BCUT2D eigenvalue weighted by Crippen LogP contribution is 2.32. The van der Waals surface area contributed by atoms with Crippen LogP contribution in [0.5, 0.6) is 10.8 Å². The Kier molecular flexibility index (Phi) is 2.91. The molecule has 1 heterocycles. The molecule has 2 rings (SSSR count). The highest BCUT2D eigenvalue weighted by Gasteiger charge is 2.04. The third kappa shape index (κ3) is 2.18. The molecule has 0 spiro atoms. The van der Waals surface area contributed by atoms with Crippen LogP contribution in [0.1, 0.15) is 0 Å². The average molecular weight is 246 g/mol. The fourth-order valence-corrected chi connectivity index (χ4v) is 1.85. The number of nitrogens with zero attached hydrogens (tertiary/aromatic N) is 1. The summed E-state index contributed by atoms with van der Waals surface area (Å²) >= 11 is 13.1. The third-order valence-corrected chi connectivity index (χ3v) is 2.69. The van der Waals surface area contributed by atoms with Crippen LogP contribution in [-0.2, 0) is 0 Å². The number of hydrogen-bond acceptors (Lipinski definition) is 3. The molecule has 1 aromatic heterocycles. The van der Waals surface area contributed by atoms with Gasteiger partial charge in [-0.3, -0.25) is 0 Å². The van der Waals surface area contributed by atoms with E-state index in [1.54, 1.807) is 29.9 Å². The van der Waals surface area contributed by atoms with E-state index in [1.807, 2.05) is 0 Å². The van der Waals surface area contributed by atoms with Gasteiger partial charge in [-0.25, -0.2) is 4.98 Å². The SMILES string of the molecule is Clc1ccc(Oc2cncs2)c(Cl)c1. The van der Waals surface area contributed by atoms with Crippen LogP contribution in [0, 0.1) is 0 Å². The number of ether oxygens (including phenoxy) is 1. The molecule has 1 aromatic carbocycles. The van der Waals surface area contributed by atoms with E-state index in [-0.39, 0.29) is 0 Å². The van der Waals surface area contributed by atoms with Gasteiger partial charge in [0.1, 0.15) is 5.75 Å². The quantitative estimate of drug-likeness (QED) is 0.790. The Morgan fingerprint density at radius 3 is 2.79 bits per heavy atom. The Bertz CT molecular complexity index is 430. The number of hydrogen-bond donors (Lipinski definition) is 0. The summed E-state index contributed by atoms with van der Waals surface area (Å²) in [4.78, 5) is 3.89. The molecule has 2 nitrogen and oxygen atoms in total. The molecule has 0 N–H and O–H groups in total. The van der Waals surface area contributed by atoms with Crippen LogP contribution >= 0.6 is 34.5 Å². The number of aromatic nitrogens is 1. The number of rotatable bonds is 2. The van der Waals surface area contributed by atoms with Gasteiger partial charge in [-0.2, -0.15) is 0 Å². The predicted octanol–water partition coefficient (Wildman–Crippen LogP) is 4.24. The first-order chi connectivity index (χ1) is 6.75. The number of benzene rings is 1. The van der Waals surface area contributed by atoms with Crippen molar-refractivity contribution in [1.82, 2.24) is 4.98 Å². The van der Waals surface area contributed by atoms with E-state index in [0.717, 1.165) is 0 Å². The minimum atomic E-state index is 0.492. The lowest BCUT2D eigenvalue weighted by atomic mass is 10.3. The van der Waals surface area contributed by atoms with Crippen molar-refractivity contribution in [3.05, 3.63) is 40.0 Å². The van der Waals surface area contributed by atoms with Crippen molar-refractivity contribution >= 4 is 34.5 Å². The second-order valence-corrected chi connectivity index (χ2v) is 4.19. The van der Waals surface area contributed by atoms with Gasteiger partial charge >= 0.3 is 0 Å². The van der Waals surface area contributed by atoms with E-state index in [9.17, 15) is 0 Å². The van der Waals surface area contributed by atoms with Crippen LogP contribution in [0.15, 0.2) is 29.9 Å². The fraction of sp³-hybridized carbons (Fsp3) is 0. The van der Waals surface area contributed by atoms with E-state index in [1.165, 1.54) is 11.3 Å². The predicted molar refractivity (Wildman–Crippen MR) is 58.7 cm³/mol. The molecule has 0 radical (unpaired) electrons. The lowest BCUT2D eigenvalue weighted by Crippen LogP contribution is -1.81. The van der Waals surface area contributed by atoms with Crippen LogP contribution < -0.4 is 4.74 Å². The van der Waals surface area contributed by atoms with Crippen molar-refractivity contribution in [2.24, 2.45) is 0 Å². The molecule has 72 valence electrons. The highest BCUT2D eigenvalue weighted by atomic mass is 35.5. The van der Waals surface area contributed by atoms with Gasteiger partial charge in [0, 0.05) is 5.02 Å². The summed E-state index contributed by atoms with van der Waals surface area (Å²) in [6.45, 7) is 0. The zero-order chi connectivity index (χ0) is 9.97. The Balaban J connectivity index is 2.25. The lowest BCUT2D eigenvalue weighted by molar-refractivity contribution is 0.495. The van der Waals surface area contributed by atoms with Crippen molar-refractivity contribution < 1.29 is 4.74 Å². The molecule has 5 heteroatoms. The van der Waals surface area contributed by atoms with Gasteiger partial charge in [-0.05, 0) is 18.2 Å². The molecule has 0 saturated heterocycles. The molecule has 0 aliphatic rings. The van der Waals surface area contributed by atoms with Crippen molar-refractivity contribution in [2.45, 2.75) is 0 Å². The topological polar surface area (TPSA) is 22.1 Å². The first-order valence-electron chi connectivity index (χ1n) is 3.77. The maximum atomic E-state index is 5.92. The maximum absolute atomic E-state index is 5.92. The molecule has 2 aromatic rings. The summed E-state index contributed by atoms with van der Waals surface area (Å²) in [5, 5.41) is 1.78. The summed E-state index contributed by atoms with van der Waals surface area (Å²) in [5.41, 5.74) is 1.69. The Morgan fingerprint density at radius 2 is 2.14 bits per heavy atom. The smallest absolute Gasteiger partial charge is 0.200 e. The Hall–Kier alpha value is -0.770. The summed E-state index contributed by atoms with van der Waals surface area (Å²) in [6.07, 6.45) is 1.63. The van der Waals surface area contributed by atoms with E-state index in [0.29, 0.717) is 20.9 Å². The van der Waals surface area contributed by atoms with Crippen LogP contribution in [-0.4, -0.2) is 4.98 Å². The molecule has 0 unspecified atom stereocenters. The van der Waals surface area contributed by atoms with Crippen LogP contribution in [0.4, 0.5) is 0 Å². The molecule has 0 atom stereocenters. The number of thiazole rings is 1. The highest BCUT2D eigenvalue weighted by molar-refractivity contribution is 7.11. The van der Waals surface area contributed by atoms with Crippen LogP contribution in [0.2, 0.25) is 10.0 Å². The summed E-state index contributed by atoms with van der Waals surface area (Å²) in [6, 6.07) is 5.09. The van der Waals surface area contributed by atoms with Gasteiger partial charge in [0.05, 0.1) is 16.7 Å². The summed E-state index contributed by atoms with van der Waals surface area (Å²) < 4.78 is 5.47. The molecule has 0 fully saturated rings. The zero-order valence-corrected chi connectivity index (χ0v) is 9.23. The molecular weight excluding hydrogens is 241 g/mol. The normalized spacial score (nSPS) is 10.1. The molecular formula is C9H5Cl2NOS. The van der Waals surface area contributed by atoms with Crippen molar-refractivity contribution in [1.29, 1.82) is 0 Å². The summed E-state index contributed by atoms with van der Waals surface area (Å²) in [5.74, 6) is 0.584. The van der Waals surface area contributed by atoms with Crippen molar-refractivity contribution in [3.63, 3.8) is 0 Å². The minimum absolute atomic E-state index is 0.492. The van der Waals surface area contributed by atoms with Gasteiger partial charge in [-0.15, -0.1) is 0 Å². The minimum Gasteiger partial charge on any atom is -0.443 e. The second kappa shape index (κ2) is 4.17. The van der Waals surface area contributed by atoms with Crippen LogP contribution in [0.3, 0.4) is 0 Å². The average Bonchev–Trinajstić information content (AvgIpc) is 2.62. The van der Waals surface area contributed by atoms with Crippen LogP contribution in [0.25, 0.3) is 0 Å². The largest absolute Gasteiger partial charge is 0.443 e. The summed E-state index contributed by atoms with van der Waals surface area (Å²) in [7, 11) is 0. The molecule has 0 bridgehead atoms. The van der Waals surface area contributed by atoms with Gasteiger partial charge in [-0.1, -0.05) is 34.5 Å².